The molecular weight excluding hydrogens is 660 g/mol. The number of hydrogen-bond donors (Lipinski definition) is 2. The van der Waals surface area contributed by atoms with E-state index in [1.54, 1.807) is 48.5 Å². The summed E-state index contributed by atoms with van der Waals surface area (Å²) in [5.74, 6) is 0.334. The van der Waals surface area contributed by atoms with Crippen molar-refractivity contribution in [3.8, 4) is 11.5 Å². The average Bonchev–Trinajstić information content (AvgIpc) is 3.20. The topological polar surface area (TPSA) is 89.0 Å². The van der Waals surface area contributed by atoms with Crippen LogP contribution in [0.2, 0.25) is 10.0 Å². The van der Waals surface area contributed by atoms with Gasteiger partial charge in [-0.15, -0.1) is 0 Å². The molecule has 1 aliphatic rings. The Kier molecular flexibility index (Phi) is 9.59. The van der Waals surface area contributed by atoms with Crippen molar-refractivity contribution in [2.75, 3.05) is 18.5 Å². The summed E-state index contributed by atoms with van der Waals surface area (Å²) in [5, 5.41) is 7.21. The van der Waals surface area contributed by atoms with Crippen molar-refractivity contribution in [3.05, 3.63) is 84.2 Å². The van der Waals surface area contributed by atoms with Crippen molar-refractivity contribution in [1.29, 1.82) is 0 Å². The van der Waals surface area contributed by atoms with Crippen molar-refractivity contribution in [1.82, 2.24) is 5.32 Å². The third-order valence-corrected chi connectivity index (χ3v) is 7.51. The zero-order valence-corrected chi connectivity index (χ0v) is 24.8. The predicted molar refractivity (Wildman–Crippen MR) is 163 cm³/mol. The summed E-state index contributed by atoms with van der Waals surface area (Å²) in [5.41, 5.74) is 2.93. The number of ether oxygens (including phenoxy) is 2. The van der Waals surface area contributed by atoms with Crippen molar-refractivity contribution < 1.29 is 19.1 Å². The molecule has 38 heavy (non-hydrogen) atoms. The maximum atomic E-state index is 12.6. The second kappa shape index (κ2) is 12.9. The molecule has 196 valence electrons. The summed E-state index contributed by atoms with van der Waals surface area (Å²) < 4.78 is 12.4. The number of carbonyl (C=O) groups is 2. The lowest BCUT2D eigenvalue weighted by molar-refractivity contribution is -0.118. The maximum Gasteiger partial charge on any atom is 0.264 e. The molecule has 0 aliphatic carbocycles. The quantitative estimate of drug-likeness (QED) is 0.194. The highest BCUT2D eigenvalue weighted by Crippen LogP contribution is 2.36. The Morgan fingerprint density at radius 3 is 2.61 bits per heavy atom. The number of halogens is 3. The lowest BCUT2D eigenvalue weighted by Crippen LogP contribution is -2.20. The third kappa shape index (κ3) is 7.43. The normalized spacial score (nSPS) is 15.0. The molecule has 3 aromatic carbocycles. The fourth-order valence-electron chi connectivity index (χ4n) is 3.34. The van der Waals surface area contributed by atoms with E-state index in [2.05, 4.69) is 38.2 Å². The van der Waals surface area contributed by atoms with Crippen LogP contribution in [0, 0.1) is 10.5 Å². The highest BCUT2D eigenvalue weighted by Gasteiger charge is 2.24. The van der Waals surface area contributed by atoms with Crippen LogP contribution in [0.25, 0.3) is 6.08 Å². The van der Waals surface area contributed by atoms with E-state index in [9.17, 15) is 9.59 Å². The average molecular weight is 682 g/mol. The highest BCUT2D eigenvalue weighted by molar-refractivity contribution is 14.1. The molecule has 0 atom stereocenters. The monoisotopic (exact) mass is 681 g/mol. The molecule has 0 saturated carbocycles. The minimum absolute atomic E-state index is 0.217. The molecule has 0 unspecified atom stereocenters. The van der Waals surface area contributed by atoms with Crippen LogP contribution in [0.3, 0.4) is 0 Å². The standard InChI is InChI=1S/C27H22Cl2IN3O4S/c1-3-36-22-11-16(12-23-26(35)33-27(38-23)32-18-8-5-17(28)6-9-18)10-21(30)25(22)37-14-24(34)31-19-7-4-15(2)20(29)13-19/h4-13H,3,14H2,1-2H3,(H,31,34)(H,32,33,35)/b23-12-. The molecule has 1 heterocycles. The van der Waals surface area contributed by atoms with Gasteiger partial charge in [0.15, 0.2) is 23.3 Å². The van der Waals surface area contributed by atoms with E-state index in [1.807, 2.05) is 26.0 Å². The van der Waals surface area contributed by atoms with Crippen molar-refractivity contribution >= 4 is 92.0 Å². The Morgan fingerprint density at radius 1 is 1.13 bits per heavy atom. The molecule has 2 N–H and O–H groups in total. The fraction of sp³-hybridized carbons (Fsp3) is 0.148. The van der Waals surface area contributed by atoms with E-state index in [-0.39, 0.29) is 18.4 Å². The van der Waals surface area contributed by atoms with Gasteiger partial charge in [-0.2, -0.15) is 0 Å². The first-order valence-electron chi connectivity index (χ1n) is 11.4. The number of nitrogens with one attached hydrogen (secondary N) is 2. The first-order valence-corrected chi connectivity index (χ1v) is 14.1. The van der Waals surface area contributed by atoms with E-state index in [0.717, 1.165) is 14.7 Å². The lowest BCUT2D eigenvalue weighted by Gasteiger charge is -2.15. The van der Waals surface area contributed by atoms with Gasteiger partial charge in [0.25, 0.3) is 11.8 Å². The number of aryl methyl sites for hydroxylation is 1. The summed E-state index contributed by atoms with van der Waals surface area (Å²) in [7, 11) is 0. The third-order valence-electron chi connectivity index (χ3n) is 5.14. The molecule has 1 saturated heterocycles. The number of hydrogen-bond acceptors (Lipinski definition) is 6. The number of benzene rings is 3. The maximum absolute atomic E-state index is 12.6. The van der Waals surface area contributed by atoms with Crippen LogP contribution >= 0.6 is 57.6 Å². The van der Waals surface area contributed by atoms with Gasteiger partial charge in [-0.3, -0.25) is 9.59 Å². The molecule has 7 nitrogen and oxygen atoms in total. The number of nitrogens with zero attached hydrogens (tertiary/aromatic N) is 1. The van der Waals surface area contributed by atoms with E-state index >= 15 is 0 Å². The highest BCUT2D eigenvalue weighted by atomic mass is 127. The van der Waals surface area contributed by atoms with Gasteiger partial charge in [0, 0.05) is 15.7 Å². The van der Waals surface area contributed by atoms with Gasteiger partial charge in [-0.05, 0) is 114 Å². The SMILES string of the molecule is CCOc1cc(/C=C2\SC(=Nc3ccc(Cl)cc3)NC2=O)cc(I)c1OCC(=O)Nc1ccc(C)c(Cl)c1. The minimum Gasteiger partial charge on any atom is -0.490 e. The molecule has 0 bridgehead atoms. The van der Waals surface area contributed by atoms with Crippen molar-refractivity contribution in [3.63, 3.8) is 0 Å². The van der Waals surface area contributed by atoms with Gasteiger partial charge in [0.05, 0.1) is 20.8 Å². The summed E-state index contributed by atoms with van der Waals surface area (Å²) in [6.45, 7) is 3.92. The van der Waals surface area contributed by atoms with Crippen LogP contribution in [-0.2, 0) is 9.59 Å². The van der Waals surface area contributed by atoms with Crippen LogP contribution in [0.1, 0.15) is 18.1 Å². The molecule has 2 amide bonds. The summed E-state index contributed by atoms with van der Waals surface area (Å²) in [4.78, 5) is 30.0. The Bertz CT molecular complexity index is 1440. The number of aliphatic imine (C=N–C) groups is 1. The second-order valence-corrected chi connectivity index (χ2v) is 11.1. The number of anilines is 1. The number of amidine groups is 1. The second-order valence-electron chi connectivity index (χ2n) is 8.02. The Labute approximate surface area is 248 Å². The van der Waals surface area contributed by atoms with Gasteiger partial charge in [-0.1, -0.05) is 29.3 Å². The zero-order chi connectivity index (χ0) is 27.2. The fourth-order valence-corrected chi connectivity index (χ4v) is 5.27. The minimum atomic E-state index is -0.333. The molecule has 0 radical (unpaired) electrons. The van der Waals surface area contributed by atoms with E-state index in [1.165, 1.54) is 11.8 Å². The van der Waals surface area contributed by atoms with Gasteiger partial charge in [-0.25, -0.2) is 4.99 Å². The van der Waals surface area contributed by atoms with E-state index in [4.69, 9.17) is 32.7 Å². The Balaban J connectivity index is 1.48. The molecule has 1 fully saturated rings. The van der Waals surface area contributed by atoms with Crippen LogP contribution in [0.5, 0.6) is 11.5 Å². The number of carbonyl (C=O) groups excluding carboxylic acids is 2. The molecule has 0 spiro atoms. The van der Waals surface area contributed by atoms with E-state index < -0.39 is 0 Å². The molecule has 0 aromatic heterocycles. The van der Waals surface area contributed by atoms with Crippen molar-refractivity contribution in [2.24, 2.45) is 4.99 Å². The van der Waals surface area contributed by atoms with Crippen LogP contribution in [-0.4, -0.2) is 30.2 Å². The first kappa shape index (κ1) is 28.3. The number of amides is 2. The summed E-state index contributed by atoms with van der Waals surface area (Å²) in [6, 6.07) is 15.9. The molecule has 3 aromatic rings. The predicted octanol–water partition coefficient (Wildman–Crippen LogP) is 7.21. The van der Waals surface area contributed by atoms with Gasteiger partial charge < -0.3 is 20.1 Å². The van der Waals surface area contributed by atoms with E-state index in [0.29, 0.717) is 49.6 Å². The van der Waals surface area contributed by atoms with Gasteiger partial charge in [0.1, 0.15) is 0 Å². The lowest BCUT2D eigenvalue weighted by atomic mass is 10.2. The molecular formula is C27H22Cl2IN3O4S. The number of thioether (sulfide) groups is 1. The van der Waals surface area contributed by atoms with Crippen LogP contribution in [0.15, 0.2) is 64.5 Å². The smallest absolute Gasteiger partial charge is 0.264 e. The van der Waals surface area contributed by atoms with Crippen LogP contribution in [0.4, 0.5) is 11.4 Å². The largest absolute Gasteiger partial charge is 0.490 e. The van der Waals surface area contributed by atoms with Gasteiger partial charge in [0.2, 0.25) is 0 Å². The van der Waals surface area contributed by atoms with Gasteiger partial charge >= 0.3 is 0 Å². The molecule has 11 heteroatoms. The summed E-state index contributed by atoms with van der Waals surface area (Å²) >= 11 is 15.4. The Morgan fingerprint density at radius 2 is 1.89 bits per heavy atom. The Hall–Kier alpha value is -2.73. The first-order chi connectivity index (χ1) is 18.2. The van der Waals surface area contributed by atoms with Crippen LogP contribution < -0.4 is 20.1 Å². The molecule has 1 aliphatic heterocycles. The zero-order valence-electron chi connectivity index (χ0n) is 20.3. The molecule has 4 rings (SSSR count). The van der Waals surface area contributed by atoms with Crippen molar-refractivity contribution in [2.45, 2.75) is 13.8 Å². The number of rotatable bonds is 8. The summed E-state index contributed by atoms with van der Waals surface area (Å²) in [6.07, 6.45) is 1.76.